The van der Waals surface area contributed by atoms with E-state index in [1.807, 2.05) is 6.07 Å². The maximum Gasteiger partial charge on any atom is 0.122 e. The molecule has 3 heterocycles. The van der Waals surface area contributed by atoms with Crippen LogP contribution in [-0.2, 0) is 13.1 Å². The number of furan rings is 1. The van der Waals surface area contributed by atoms with E-state index in [4.69, 9.17) is 4.42 Å². The van der Waals surface area contributed by atoms with Crippen LogP contribution < -0.4 is 5.32 Å². The van der Waals surface area contributed by atoms with Crippen LogP contribution in [0.3, 0.4) is 0 Å². The van der Waals surface area contributed by atoms with Crippen molar-refractivity contribution in [3.05, 3.63) is 48.2 Å². The van der Waals surface area contributed by atoms with Crippen LogP contribution >= 0.6 is 0 Å². The second kappa shape index (κ2) is 6.96. The van der Waals surface area contributed by atoms with Crippen molar-refractivity contribution in [3.63, 3.8) is 0 Å². The van der Waals surface area contributed by atoms with Gasteiger partial charge < -0.3 is 14.3 Å². The highest BCUT2D eigenvalue weighted by Gasteiger charge is 2.24. The van der Waals surface area contributed by atoms with Crippen LogP contribution in [0, 0.1) is 0 Å². The first kappa shape index (κ1) is 14.4. The number of hydrogen-bond acceptors (Lipinski definition) is 3. The highest BCUT2D eigenvalue weighted by molar-refractivity contribution is 5.11. The number of nitrogens with one attached hydrogen (secondary N) is 1. The van der Waals surface area contributed by atoms with Crippen LogP contribution in [0.25, 0.3) is 0 Å². The van der Waals surface area contributed by atoms with Crippen LogP contribution in [0.2, 0.25) is 0 Å². The van der Waals surface area contributed by atoms with Crippen molar-refractivity contribution in [1.82, 2.24) is 14.8 Å². The lowest BCUT2D eigenvalue weighted by Crippen LogP contribution is -2.33. The summed E-state index contributed by atoms with van der Waals surface area (Å²) in [5.41, 5.74) is 1.34. The van der Waals surface area contributed by atoms with Gasteiger partial charge in [-0.25, -0.2) is 0 Å². The summed E-state index contributed by atoms with van der Waals surface area (Å²) in [6.45, 7) is 7.40. The molecule has 2 aromatic rings. The monoisotopic (exact) mass is 287 g/mol. The number of aromatic nitrogens is 1. The van der Waals surface area contributed by atoms with Gasteiger partial charge in [0.25, 0.3) is 0 Å². The van der Waals surface area contributed by atoms with Crippen molar-refractivity contribution in [2.75, 3.05) is 19.6 Å². The Morgan fingerprint density at radius 2 is 2.14 bits per heavy atom. The zero-order valence-electron chi connectivity index (χ0n) is 12.8. The first-order valence-corrected chi connectivity index (χ1v) is 7.99. The van der Waals surface area contributed by atoms with Gasteiger partial charge in [-0.2, -0.15) is 0 Å². The molecule has 1 fully saturated rings. The van der Waals surface area contributed by atoms with E-state index in [1.165, 1.54) is 31.5 Å². The topological polar surface area (TPSA) is 33.3 Å². The van der Waals surface area contributed by atoms with E-state index in [-0.39, 0.29) is 0 Å². The minimum atomic E-state index is 0.357. The summed E-state index contributed by atoms with van der Waals surface area (Å²) in [6.07, 6.45) is 8.74. The molecule has 1 N–H and O–H groups in total. The summed E-state index contributed by atoms with van der Waals surface area (Å²) in [7, 11) is 0. The van der Waals surface area contributed by atoms with Gasteiger partial charge in [-0.3, -0.25) is 4.90 Å². The van der Waals surface area contributed by atoms with Crippen LogP contribution in [-0.4, -0.2) is 29.1 Å². The van der Waals surface area contributed by atoms with E-state index in [1.54, 1.807) is 6.26 Å². The molecule has 2 aromatic heterocycles. The summed E-state index contributed by atoms with van der Waals surface area (Å²) in [4.78, 5) is 2.53. The summed E-state index contributed by atoms with van der Waals surface area (Å²) in [6, 6.07) is 6.63. The Hall–Kier alpha value is -1.52. The minimum absolute atomic E-state index is 0.357. The van der Waals surface area contributed by atoms with Crippen LogP contribution in [0.4, 0.5) is 0 Å². The lowest BCUT2D eigenvalue weighted by molar-refractivity contribution is 0.209. The van der Waals surface area contributed by atoms with Gasteiger partial charge in [0.1, 0.15) is 5.76 Å². The summed E-state index contributed by atoms with van der Waals surface area (Å²) in [5.74, 6) is 1.08. The van der Waals surface area contributed by atoms with Crippen molar-refractivity contribution < 1.29 is 4.42 Å². The number of rotatable bonds is 7. The van der Waals surface area contributed by atoms with Gasteiger partial charge in [0.2, 0.25) is 0 Å². The molecule has 0 aromatic carbocycles. The van der Waals surface area contributed by atoms with Gasteiger partial charge >= 0.3 is 0 Å². The largest absolute Gasteiger partial charge is 0.468 e. The SMILES string of the molecule is CCn1ccc(CNCC(c2ccco2)N2CCCC2)c1. The van der Waals surface area contributed by atoms with E-state index in [9.17, 15) is 0 Å². The lowest BCUT2D eigenvalue weighted by Gasteiger charge is -2.26. The van der Waals surface area contributed by atoms with Gasteiger partial charge in [0.15, 0.2) is 0 Å². The molecule has 0 amide bonds. The highest BCUT2D eigenvalue weighted by atomic mass is 16.3. The molecular weight excluding hydrogens is 262 g/mol. The Balaban J connectivity index is 1.57. The average Bonchev–Trinajstić information content (AvgIpc) is 3.24. The molecule has 0 radical (unpaired) electrons. The normalized spacial score (nSPS) is 17.4. The molecule has 4 heteroatoms. The molecule has 1 aliphatic heterocycles. The number of nitrogens with zero attached hydrogens (tertiary/aromatic N) is 2. The molecule has 0 spiro atoms. The van der Waals surface area contributed by atoms with Crippen molar-refractivity contribution in [2.45, 2.75) is 38.9 Å². The molecule has 114 valence electrons. The molecule has 1 saturated heterocycles. The van der Waals surface area contributed by atoms with E-state index >= 15 is 0 Å². The highest BCUT2D eigenvalue weighted by Crippen LogP contribution is 2.24. The third kappa shape index (κ3) is 3.57. The molecule has 0 saturated carbocycles. The maximum absolute atomic E-state index is 5.65. The van der Waals surface area contributed by atoms with Crippen molar-refractivity contribution in [1.29, 1.82) is 0 Å². The van der Waals surface area contributed by atoms with Crippen molar-refractivity contribution in [2.24, 2.45) is 0 Å². The Labute approximate surface area is 126 Å². The molecular formula is C17H25N3O. The standard InChI is InChI=1S/C17H25N3O/c1-2-19-10-7-15(14-19)12-18-13-16(17-6-5-11-21-17)20-8-3-4-9-20/h5-7,10-11,14,16,18H,2-4,8-9,12-13H2,1H3. The summed E-state index contributed by atoms with van der Waals surface area (Å²) < 4.78 is 7.86. The zero-order chi connectivity index (χ0) is 14.5. The number of likely N-dealkylation sites (tertiary alicyclic amines) is 1. The predicted molar refractivity (Wildman–Crippen MR) is 84.1 cm³/mol. The minimum Gasteiger partial charge on any atom is -0.468 e. The van der Waals surface area contributed by atoms with Gasteiger partial charge in [-0.15, -0.1) is 0 Å². The van der Waals surface area contributed by atoms with Gasteiger partial charge in [-0.1, -0.05) is 0 Å². The van der Waals surface area contributed by atoms with Gasteiger partial charge in [0.05, 0.1) is 12.3 Å². The smallest absolute Gasteiger partial charge is 0.122 e. The Bertz CT molecular complexity index is 526. The van der Waals surface area contributed by atoms with Crippen molar-refractivity contribution >= 4 is 0 Å². The van der Waals surface area contributed by atoms with Crippen molar-refractivity contribution in [3.8, 4) is 0 Å². The zero-order valence-corrected chi connectivity index (χ0v) is 12.8. The molecule has 4 nitrogen and oxygen atoms in total. The second-order valence-electron chi connectivity index (χ2n) is 5.76. The van der Waals surface area contributed by atoms with E-state index in [0.29, 0.717) is 6.04 Å². The fourth-order valence-corrected chi connectivity index (χ4v) is 3.09. The van der Waals surface area contributed by atoms with E-state index in [2.05, 4.69) is 46.2 Å². The third-order valence-corrected chi connectivity index (χ3v) is 4.30. The second-order valence-corrected chi connectivity index (χ2v) is 5.76. The third-order valence-electron chi connectivity index (χ3n) is 4.30. The van der Waals surface area contributed by atoms with Crippen LogP contribution in [0.5, 0.6) is 0 Å². The first-order valence-electron chi connectivity index (χ1n) is 7.99. The van der Waals surface area contributed by atoms with Gasteiger partial charge in [-0.05, 0) is 56.6 Å². The van der Waals surface area contributed by atoms with E-state index in [0.717, 1.165) is 25.4 Å². The predicted octanol–water partition coefficient (Wildman–Crippen LogP) is 3.03. The fourth-order valence-electron chi connectivity index (χ4n) is 3.09. The van der Waals surface area contributed by atoms with Crippen LogP contribution in [0.1, 0.15) is 37.1 Å². The first-order chi connectivity index (χ1) is 10.4. The molecule has 1 atom stereocenters. The van der Waals surface area contributed by atoms with Gasteiger partial charge in [0, 0.05) is 32.0 Å². The fraction of sp³-hybridized carbons (Fsp3) is 0.529. The number of aryl methyl sites for hydroxylation is 1. The average molecular weight is 287 g/mol. The number of hydrogen-bond donors (Lipinski definition) is 1. The maximum atomic E-state index is 5.65. The molecule has 1 unspecified atom stereocenters. The molecule has 0 aliphatic carbocycles. The van der Waals surface area contributed by atoms with E-state index < -0.39 is 0 Å². The molecule has 3 rings (SSSR count). The molecule has 1 aliphatic rings. The lowest BCUT2D eigenvalue weighted by atomic mass is 10.2. The Morgan fingerprint density at radius 3 is 2.81 bits per heavy atom. The van der Waals surface area contributed by atoms with Crippen LogP contribution in [0.15, 0.2) is 41.3 Å². The molecule has 21 heavy (non-hydrogen) atoms. The molecule has 0 bridgehead atoms. The summed E-state index contributed by atoms with van der Waals surface area (Å²) in [5, 5.41) is 3.59. The Kier molecular flexibility index (Phi) is 4.78. The quantitative estimate of drug-likeness (QED) is 0.850. The summed E-state index contributed by atoms with van der Waals surface area (Å²) >= 11 is 0. The Morgan fingerprint density at radius 1 is 1.29 bits per heavy atom.